The first kappa shape index (κ1) is 11.7. The first-order chi connectivity index (χ1) is 8.84. The first-order valence-electron chi connectivity index (χ1n) is 6.93. The van der Waals surface area contributed by atoms with Crippen LogP contribution in [0, 0.1) is 0 Å². The Bertz CT molecular complexity index is 438. The summed E-state index contributed by atoms with van der Waals surface area (Å²) in [5, 5.41) is 6.47. The molecule has 2 N–H and O–H groups in total. The van der Waals surface area contributed by atoms with Crippen molar-refractivity contribution in [3.8, 4) is 0 Å². The van der Waals surface area contributed by atoms with Gasteiger partial charge >= 0.3 is 0 Å². The van der Waals surface area contributed by atoms with Gasteiger partial charge in [-0.2, -0.15) is 0 Å². The Morgan fingerprint density at radius 2 is 2.17 bits per heavy atom. The summed E-state index contributed by atoms with van der Waals surface area (Å²) < 4.78 is 0. The predicted octanol–water partition coefficient (Wildman–Crippen LogP) is 1.58. The van der Waals surface area contributed by atoms with Gasteiger partial charge in [-0.25, -0.2) is 0 Å². The molecule has 1 amide bonds. The molecule has 0 saturated carbocycles. The molecule has 1 heterocycles. The standard InChI is InChI=1S/C15H20N2O/c18-15(17-12-8-9-16-10-12)14-7-3-5-11-4-1-2-6-13(11)14/h1-2,4,6,12,14,16H,3,5,7-10H2,(H,17,18). The lowest BCUT2D eigenvalue weighted by Crippen LogP contribution is -2.40. The van der Waals surface area contributed by atoms with Gasteiger partial charge in [0.1, 0.15) is 0 Å². The molecule has 18 heavy (non-hydrogen) atoms. The number of fused-ring (bicyclic) bond motifs is 1. The SMILES string of the molecule is O=C(NC1CCNC1)C1CCCc2ccccc21. The highest BCUT2D eigenvalue weighted by Gasteiger charge is 2.28. The smallest absolute Gasteiger partial charge is 0.227 e. The summed E-state index contributed by atoms with van der Waals surface area (Å²) in [5.74, 6) is 0.284. The van der Waals surface area contributed by atoms with Gasteiger partial charge in [0, 0.05) is 12.6 Å². The number of hydrogen-bond acceptors (Lipinski definition) is 2. The highest BCUT2D eigenvalue weighted by Crippen LogP contribution is 2.31. The van der Waals surface area contributed by atoms with E-state index < -0.39 is 0 Å². The Hall–Kier alpha value is -1.35. The van der Waals surface area contributed by atoms with E-state index in [1.165, 1.54) is 11.1 Å². The number of nitrogens with one attached hydrogen (secondary N) is 2. The fraction of sp³-hybridized carbons (Fsp3) is 0.533. The van der Waals surface area contributed by atoms with Crippen LogP contribution in [-0.2, 0) is 11.2 Å². The molecule has 3 nitrogen and oxygen atoms in total. The van der Waals surface area contributed by atoms with Crippen molar-refractivity contribution >= 4 is 5.91 Å². The molecule has 1 aliphatic carbocycles. The minimum absolute atomic E-state index is 0.0653. The highest BCUT2D eigenvalue weighted by atomic mass is 16.1. The van der Waals surface area contributed by atoms with Crippen molar-refractivity contribution in [3.05, 3.63) is 35.4 Å². The van der Waals surface area contributed by atoms with Crippen LogP contribution in [0.1, 0.15) is 36.3 Å². The van der Waals surface area contributed by atoms with Crippen LogP contribution in [0.4, 0.5) is 0 Å². The number of hydrogen-bond donors (Lipinski definition) is 2. The normalized spacial score (nSPS) is 26.7. The predicted molar refractivity (Wildman–Crippen MR) is 71.5 cm³/mol. The van der Waals surface area contributed by atoms with E-state index in [1.807, 2.05) is 6.07 Å². The largest absolute Gasteiger partial charge is 0.352 e. The lowest BCUT2D eigenvalue weighted by molar-refractivity contribution is -0.123. The van der Waals surface area contributed by atoms with Crippen molar-refractivity contribution in [3.63, 3.8) is 0 Å². The molecule has 1 aliphatic heterocycles. The van der Waals surface area contributed by atoms with Gasteiger partial charge in [0.05, 0.1) is 5.92 Å². The third-order valence-corrected chi connectivity index (χ3v) is 4.09. The zero-order valence-corrected chi connectivity index (χ0v) is 10.6. The van der Waals surface area contributed by atoms with Crippen molar-refractivity contribution < 1.29 is 4.79 Å². The van der Waals surface area contributed by atoms with Crippen LogP contribution in [0.2, 0.25) is 0 Å². The molecular formula is C15H20N2O. The maximum absolute atomic E-state index is 12.4. The molecule has 1 fully saturated rings. The van der Waals surface area contributed by atoms with Gasteiger partial charge in [-0.1, -0.05) is 24.3 Å². The fourth-order valence-corrected chi connectivity index (χ4v) is 3.11. The van der Waals surface area contributed by atoms with Crippen LogP contribution in [0.3, 0.4) is 0 Å². The molecular weight excluding hydrogens is 224 g/mol. The number of aryl methyl sites for hydroxylation is 1. The maximum Gasteiger partial charge on any atom is 0.227 e. The minimum Gasteiger partial charge on any atom is -0.352 e. The molecule has 3 rings (SSSR count). The van der Waals surface area contributed by atoms with Gasteiger partial charge < -0.3 is 10.6 Å². The Morgan fingerprint density at radius 3 is 3.00 bits per heavy atom. The van der Waals surface area contributed by atoms with Crippen LogP contribution in [0.25, 0.3) is 0 Å². The molecule has 0 bridgehead atoms. The molecule has 1 aromatic carbocycles. The number of carbonyl (C=O) groups is 1. The van der Waals surface area contributed by atoms with E-state index in [0.717, 1.165) is 38.8 Å². The summed E-state index contributed by atoms with van der Waals surface area (Å²) in [6.07, 6.45) is 4.28. The van der Waals surface area contributed by atoms with Gasteiger partial charge in [-0.15, -0.1) is 0 Å². The minimum atomic E-state index is 0.0653. The summed E-state index contributed by atoms with van der Waals surface area (Å²) in [5.41, 5.74) is 2.60. The van der Waals surface area contributed by atoms with Crippen molar-refractivity contribution in [2.45, 2.75) is 37.6 Å². The van der Waals surface area contributed by atoms with E-state index >= 15 is 0 Å². The third-order valence-electron chi connectivity index (χ3n) is 4.09. The van der Waals surface area contributed by atoms with Gasteiger partial charge in [-0.3, -0.25) is 4.79 Å². The van der Waals surface area contributed by atoms with E-state index in [1.54, 1.807) is 0 Å². The topological polar surface area (TPSA) is 41.1 Å². The summed E-state index contributed by atoms with van der Waals surface area (Å²) in [6.45, 7) is 1.94. The fourth-order valence-electron chi connectivity index (χ4n) is 3.11. The van der Waals surface area contributed by atoms with Gasteiger partial charge in [-0.05, 0) is 43.4 Å². The van der Waals surface area contributed by atoms with E-state index in [-0.39, 0.29) is 11.8 Å². The summed E-state index contributed by atoms with van der Waals surface area (Å²) in [4.78, 5) is 12.4. The van der Waals surface area contributed by atoms with Crippen LogP contribution >= 0.6 is 0 Å². The Kier molecular flexibility index (Phi) is 3.33. The van der Waals surface area contributed by atoms with Gasteiger partial charge in [0.25, 0.3) is 0 Å². The molecule has 2 aliphatic rings. The van der Waals surface area contributed by atoms with E-state index in [2.05, 4.69) is 28.8 Å². The Labute approximate surface area is 108 Å². The quantitative estimate of drug-likeness (QED) is 0.829. The van der Waals surface area contributed by atoms with E-state index in [4.69, 9.17) is 0 Å². The van der Waals surface area contributed by atoms with E-state index in [0.29, 0.717) is 6.04 Å². The average Bonchev–Trinajstić information content (AvgIpc) is 2.91. The monoisotopic (exact) mass is 244 g/mol. The number of rotatable bonds is 2. The van der Waals surface area contributed by atoms with Crippen LogP contribution < -0.4 is 10.6 Å². The molecule has 0 spiro atoms. The summed E-state index contributed by atoms with van der Waals surface area (Å²) >= 11 is 0. The second kappa shape index (κ2) is 5.11. The second-order valence-corrected chi connectivity index (χ2v) is 5.34. The van der Waals surface area contributed by atoms with Crippen molar-refractivity contribution in [1.29, 1.82) is 0 Å². The molecule has 3 heteroatoms. The lowest BCUT2D eigenvalue weighted by Gasteiger charge is -2.25. The first-order valence-corrected chi connectivity index (χ1v) is 6.93. The lowest BCUT2D eigenvalue weighted by atomic mass is 9.82. The molecule has 1 aromatic rings. The third kappa shape index (κ3) is 2.27. The molecule has 2 atom stereocenters. The molecule has 0 radical (unpaired) electrons. The maximum atomic E-state index is 12.4. The van der Waals surface area contributed by atoms with Crippen molar-refractivity contribution in [2.24, 2.45) is 0 Å². The summed E-state index contributed by atoms with van der Waals surface area (Å²) in [7, 11) is 0. The number of benzene rings is 1. The van der Waals surface area contributed by atoms with Crippen molar-refractivity contribution in [1.82, 2.24) is 10.6 Å². The molecule has 0 aromatic heterocycles. The van der Waals surface area contributed by atoms with E-state index in [9.17, 15) is 4.79 Å². The van der Waals surface area contributed by atoms with Crippen LogP contribution in [0.15, 0.2) is 24.3 Å². The Balaban J connectivity index is 1.74. The summed E-state index contributed by atoms with van der Waals surface area (Å²) in [6, 6.07) is 8.71. The van der Waals surface area contributed by atoms with Crippen molar-refractivity contribution in [2.75, 3.05) is 13.1 Å². The zero-order valence-electron chi connectivity index (χ0n) is 10.6. The second-order valence-electron chi connectivity index (χ2n) is 5.34. The van der Waals surface area contributed by atoms with Crippen LogP contribution in [-0.4, -0.2) is 25.0 Å². The molecule has 96 valence electrons. The number of amides is 1. The molecule has 2 unspecified atom stereocenters. The van der Waals surface area contributed by atoms with Gasteiger partial charge in [0.15, 0.2) is 0 Å². The molecule has 1 saturated heterocycles. The average molecular weight is 244 g/mol. The van der Waals surface area contributed by atoms with Gasteiger partial charge in [0.2, 0.25) is 5.91 Å². The van der Waals surface area contributed by atoms with Crippen LogP contribution in [0.5, 0.6) is 0 Å². The number of carbonyl (C=O) groups excluding carboxylic acids is 1. The zero-order chi connectivity index (χ0) is 12.4. The highest BCUT2D eigenvalue weighted by molar-refractivity contribution is 5.84. The Morgan fingerprint density at radius 1 is 1.28 bits per heavy atom.